The van der Waals surface area contributed by atoms with E-state index < -0.39 is 0 Å². The number of anilines is 1. The summed E-state index contributed by atoms with van der Waals surface area (Å²) in [5.41, 5.74) is 3.08. The van der Waals surface area contributed by atoms with Crippen molar-refractivity contribution in [2.75, 3.05) is 31.7 Å². The van der Waals surface area contributed by atoms with Gasteiger partial charge in [0.15, 0.2) is 0 Å². The van der Waals surface area contributed by atoms with Crippen LogP contribution in [0.1, 0.15) is 31.7 Å². The molecule has 1 unspecified atom stereocenters. The molecule has 1 aliphatic heterocycles. The number of rotatable bonds is 5. The molecule has 0 saturated heterocycles. The Morgan fingerprint density at radius 2 is 2.15 bits per heavy atom. The van der Waals surface area contributed by atoms with Gasteiger partial charge in [0, 0.05) is 44.6 Å². The Hall–Kier alpha value is -1.06. The minimum absolute atomic E-state index is 0.256. The number of hydrogen-bond donors (Lipinski definition) is 1. The fourth-order valence-electron chi connectivity index (χ4n) is 3.40. The van der Waals surface area contributed by atoms with E-state index in [1.807, 2.05) is 0 Å². The first-order chi connectivity index (χ1) is 9.73. The minimum Gasteiger partial charge on any atom is -0.385 e. The Morgan fingerprint density at radius 3 is 2.90 bits per heavy atom. The molecule has 0 aromatic heterocycles. The summed E-state index contributed by atoms with van der Waals surface area (Å²) >= 11 is 0. The normalized spacial score (nSPS) is 26.2. The third-order valence-corrected chi connectivity index (χ3v) is 4.79. The summed E-state index contributed by atoms with van der Waals surface area (Å²) in [4.78, 5) is 2.56. The first kappa shape index (κ1) is 13.9. The van der Waals surface area contributed by atoms with Crippen LogP contribution in [0.5, 0.6) is 0 Å². The molecule has 1 atom stereocenters. The summed E-state index contributed by atoms with van der Waals surface area (Å²) in [5.74, 6) is 0.849. The minimum atomic E-state index is 0.256. The van der Waals surface area contributed by atoms with Gasteiger partial charge in [-0.15, -0.1) is 0 Å². The van der Waals surface area contributed by atoms with Gasteiger partial charge in [-0.25, -0.2) is 0 Å². The van der Waals surface area contributed by atoms with Crippen LogP contribution < -0.4 is 10.2 Å². The first-order valence-corrected chi connectivity index (χ1v) is 7.80. The fourth-order valence-corrected chi connectivity index (χ4v) is 3.40. The highest BCUT2D eigenvalue weighted by molar-refractivity contribution is 5.55. The Balaban J connectivity index is 1.81. The van der Waals surface area contributed by atoms with Crippen LogP contribution in [0, 0.1) is 5.92 Å². The lowest BCUT2D eigenvalue weighted by atomic mass is 9.95. The molecule has 0 radical (unpaired) electrons. The Bertz CT molecular complexity index is 458. The molecule has 3 rings (SSSR count). The lowest BCUT2D eigenvalue weighted by Gasteiger charge is -2.35. The number of hydrogen-bond acceptors (Lipinski definition) is 3. The third kappa shape index (κ3) is 2.84. The summed E-state index contributed by atoms with van der Waals surface area (Å²) in [6.07, 6.45) is 3.85. The van der Waals surface area contributed by atoms with E-state index in [-0.39, 0.29) is 5.54 Å². The van der Waals surface area contributed by atoms with Crippen molar-refractivity contribution in [1.82, 2.24) is 5.32 Å². The van der Waals surface area contributed by atoms with Gasteiger partial charge in [0.2, 0.25) is 0 Å². The molecule has 2 aliphatic rings. The molecule has 1 saturated carbocycles. The molecule has 3 nitrogen and oxygen atoms in total. The molecule has 110 valence electrons. The average molecular weight is 274 g/mol. The zero-order chi connectivity index (χ0) is 14.0. The van der Waals surface area contributed by atoms with Crippen LogP contribution in [0.4, 0.5) is 5.69 Å². The SMILES string of the molecule is COCCCN1CC(C)(C2CC2)NCc2ccccc21. The van der Waals surface area contributed by atoms with Gasteiger partial charge in [0.25, 0.3) is 0 Å². The summed E-state index contributed by atoms with van der Waals surface area (Å²) in [7, 11) is 1.78. The Kier molecular flexibility index (Phi) is 3.99. The molecule has 1 aromatic carbocycles. The van der Waals surface area contributed by atoms with Gasteiger partial charge in [-0.1, -0.05) is 18.2 Å². The molecule has 1 aliphatic carbocycles. The standard InChI is InChI=1S/C17H26N2O/c1-17(15-8-9-15)13-19(10-5-11-20-2)16-7-4-3-6-14(16)12-18-17/h3-4,6-7,15,18H,5,8-13H2,1-2H3. The highest BCUT2D eigenvalue weighted by Gasteiger charge is 2.43. The van der Waals surface area contributed by atoms with Crippen molar-refractivity contribution in [2.45, 2.75) is 38.3 Å². The monoisotopic (exact) mass is 274 g/mol. The van der Waals surface area contributed by atoms with E-state index in [0.29, 0.717) is 0 Å². The number of nitrogens with one attached hydrogen (secondary N) is 1. The molecule has 1 fully saturated rings. The van der Waals surface area contributed by atoms with Crippen LogP contribution in [0.25, 0.3) is 0 Å². The number of methoxy groups -OCH3 is 1. The van der Waals surface area contributed by atoms with Crippen molar-refractivity contribution >= 4 is 5.69 Å². The Morgan fingerprint density at radius 1 is 1.35 bits per heavy atom. The van der Waals surface area contributed by atoms with Crippen LogP contribution in [0.3, 0.4) is 0 Å². The molecular weight excluding hydrogens is 248 g/mol. The van der Waals surface area contributed by atoms with Gasteiger partial charge in [-0.2, -0.15) is 0 Å². The number of para-hydroxylation sites is 1. The predicted octanol–water partition coefficient (Wildman–Crippen LogP) is 2.80. The van der Waals surface area contributed by atoms with Crippen molar-refractivity contribution in [3.05, 3.63) is 29.8 Å². The number of nitrogens with zero attached hydrogens (tertiary/aromatic N) is 1. The largest absolute Gasteiger partial charge is 0.385 e. The summed E-state index contributed by atoms with van der Waals surface area (Å²) in [6, 6.07) is 8.82. The zero-order valence-corrected chi connectivity index (χ0v) is 12.7. The highest BCUT2D eigenvalue weighted by Crippen LogP contribution is 2.42. The van der Waals surface area contributed by atoms with Crippen molar-refractivity contribution in [2.24, 2.45) is 5.92 Å². The summed E-state index contributed by atoms with van der Waals surface area (Å²) < 4.78 is 5.22. The van der Waals surface area contributed by atoms with Crippen LogP contribution in [-0.2, 0) is 11.3 Å². The van der Waals surface area contributed by atoms with E-state index in [1.165, 1.54) is 24.1 Å². The zero-order valence-electron chi connectivity index (χ0n) is 12.7. The molecule has 0 spiro atoms. The number of fused-ring (bicyclic) bond motifs is 1. The number of ether oxygens (including phenoxy) is 1. The van der Waals surface area contributed by atoms with Gasteiger partial charge in [0.05, 0.1) is 0 Å². The van der Waals surface area contributed by atoms with Gasteiger partial charge in [-0.05, 0) is 43.7 Å². The van der Waals surface area contributed by atoms with Gasteiger partial charge in [-0.3, -0.25) is 0 Å². The van der Waals surface area contributed by atoms with Crippen LogP contribution >= 0.6 is 0 Å². The molecule has 0 amide bonds. The molecule has 1 N–H and O–H groups in total. The van der Waals surface area contributed by atoms with Crippen LogP contribution in [-0.4, -0.2) is 32.3 Å². The molecular formula is C17H26N2O. The first-order valence-electron chi connectivity index (χ1n) is 7.80. The lowest BCUT2D eigenvalue weighted by Crippen LogP contribution is -2.51. The van der Waals surface area contributed by atoms with Gasteiger partial charge >= 0.3 is 0 Å². The van der Waals surface area contributed by atoms with Crippen LogP contribution in [0.15, 0.2) is 24.3 Å². The highest BCUT2D eigenvalue weighted by atomic mass is 16.5. The molecule has 0 bridgehead atoms. The molecule has 1 heterocycles. The van der Waals surface area contributed by atoms with Crippen molar-refractivity contribution in [3.63, 3.8) is 0 Å². The molecule has 3 heteroatoms. The van der Waals surface area contributed by atoms with E-state index in [9.17, 15) is 0 Å². The smallest absolute Gasteiger partial charge is 0.0479 e. The van der Waals surface area contributed by atoms with E-state index in [0.717, 1.165) is 38.6 Å². The quantitative estimate of drug-likeness (QED) is 0.836. The van der Waals surface area contributed by atoms with Gasteiger partial charge < -0.3 is 15.0 Å². The fraction of sp³-hybridized carbons (Fsp3) is 0.647. The third-order valence-electron chi connectivity index (χ3n) is 4.79. The maximum atomic E-state index is 5.22. The topological polar surface area (TPSA) is 24.5 Å². The molecule has 20 heavy (non-hydrogen) atoms. The van der Waals surface area contributed by atoms with E-state index >= 15 is 0 Å². The Labute approximate surface area is 122 Å². The van der Waals surface area contributed by atoms with E-state index in [4.69, 9.17) is 4.74 Å². The predicted molar refractivity (Wildman–Crippen MR) is 83.1 cm³/mol. The summed E-state index contributed by atoms with van der Waals surface area (Å²) in [6.45, 7) is 6.42. The summed E-state index contributed by atoms with van der Waals surface area (Å²) in [5, 5.41) is 3.82. The van der Waals surface area contributed by atoms with Gasteiger partial charge in [0.1, 0.15) is 0 Å². The second kappa shape index (κ2) is 5.74. The number of benzene rings is 1. The second-order valence-corrected chi connectivity index (χ2v) is 6.44. The maximum absolute atomic E-state index is 5.22. The van der Waals surface area contributed by atoms with Crippen molar-refractivity contribution in [3.8, 4) is 0 Å². The van der Waals surface area contributed by atoms with Crippen molar-refractivity contribution < 1.29 is 4.74 Å². The molecule has 1 aromatic rings. The van der Waals surface area contributed by atoms with Crippen LogP contribution in [0.2, 0.25) is 0 Å². The lowest BCUT2D eigenvalue weighted by molar-refractivity contribution is 0.195. The van der Waals surface area contributed by atoms with E-state index in [2.05, 4.69) is 41.4 Å². The average Bonchev–Trinajstić information content (AvgIpc) is 3.29. The second-order valence-electron chi connectivity index (χ2n) is 6.44. The van der Waals surface area contributed by atoms with E-state index in [1.54, 1.807) is 7.11 Å². The maximum Gasteiger partial charge on any atom is 0.0479 e. The van der Waals surface area contributed by atoms with Crippen molar-refractivity contribution in [1.29, 1.82) is 0 Å².